The zero-order valence-corrected chi connectivity index (χ0v) is 22.8. The minimum Gasteiger partial charge on any atom is -0.423 e. The van der Waals surface area contributed by atoms with Crippen molar-refractivity contribution >= 4 is 47.1 Å². The molecule has 0 atom stereocenters. The van der Waals surface area contributed by atoms with Crippen molar-refractivity contribution in [3.8, 4) is 5.75 Å². The van der Waals surface area contributed by atoms with Crippen LogP contribution in [0.3, 0.4) is 0 Å². The number of nitro benzene ring substituents is 2. The van der Waals surface area contributed by atoms with Gasteiger partial charge in [-0.2, -0.15) is 5.10 Å². The van der Waals surface area contributed by atoms with Crippen molar-refractivity contribution in [2.45, 2.75) is 6.42 Å². The quantitative estimate of drug-likeness (QED) is 0.0603. The van der Waals surface area contributed by atoms with Crippen LogP contribution in [0.1, 0.15) is 27.0 Å². The van der Waals surface area contributed by atoms with Gasteiger partial charge in [0.2, 0.25) is 5.91 Å². The molecular weight excluding hydrogens is 570 g/mol. The van der Waals surface area contributed by atoms with Crippen LogP contribution in [0.5, 0.6) is 5.75 Å². The molecule has 0 aliphatic carbocycles. The molecule has 0 saturated carbocycles. The van der Waals surface area contributed by atoms with Crippen molar-refractivity contribution in [3.05, 3.63) is 146 Å². The van der Waals surface area contributed by atoms with Crippen molar-refractivity contribution in [1.29, 1.82) is 0 Å². The van der Waals surface area contributed by atoms with Crippen molar-refractivity contribution < 1.29 is 29.0 Å². The number of esters is 1. The van der Waals surface area contributed by atoms with Gasteiger partial charge in [0.25, 0.3) is 17.3 Å². The summed E-state index contributed by atoms with van der Waals surface area (Å²) >= 11 is 0. The fourth-order valence-electron chi connectivity index (χ4n) is 3.81. The number of anilines is 1. The van der Waals surface area contributed by atoms with Crippen molar-refractivity contribution in [1.82, 2.24) is 5.43 Å². The van der Waals surface area contributed by atoms with Gasteiger partial charge in [0.15, 0.2) is 0 Å². The molecule has 0 saturated heterocycles. The average molecular weight is 594 g/mol. The molecule has 2 N–H and O–H groups in total. The van der Waals surface area contributed by atoms with Gasteiger partial charge in [-0.05, 0) is 47.5 Å². The molecule has 4 rings (SSSR count). The third-order valence-corrected chi connectivity index (χ3v) is 5.92. The van der Waals surface area contributed by atoms with Gasteiger partial charge in [-0.3, -0.25) is 29.8 Å². The van der Waals surface area contributed by atoms with E-state index in [-0.39, 0.29) is 40.6 Å². The number of hydrogen-bond acceptors (Lipinski definition) is 9. The highest BCUT2D eigenvalue weighted by Gasteiger charge is 2.14. The standard InChI is InChI=1S/C31H23N5O8/c37-29(18-21-5-2-1-3-6-21)33-25-12-10-23(11-13-25)31(39)34-32-20-24-19-27(36(42)43)14-15-28(24)44-30(38)16-9-22-7-4-8-26(17-22)35(40)41/h1-17,19-20H,18H2,(H,33,37)(H,34,39)/b16-9+,32-20+. The minimum absolute atomic E-state index is 0.0214. The molecule has 0 fully saturated rings. The van der Waals surface area contributed by atoms with Gasteiger partial charge >= 0.3 is 5.97 Å². The highest BCUT2D eigenvalue weighted by atomic mass is 16.6. The van der Waals surface area contributed by atoms with E-state index in [2.05, 4.69) is 15.8 Å². The zero-order chi connectivity index (χ0) is 31.5. The maximum Gasteiger partial charge on any atom is 0.336 e. The Bertz CT molecular complexity index is 1770. The van der Waals surface area contributed by atoms with Gasteiger partial charge in [-0.25, -0.2) is 10.2 Å². The van der Waals surface area contributed by atoms with Crippen LogP contribution in [0.2, 0.25) is 0 Å². The lowest BCUT2D eigenvalue weighted by Crippen LogP contribution is -2.18. The van der Waals surface area contributed by atoms with Crippen LogP contribution < -0.4 is 15.5 Å². The number of amides is 2. The molecule has 0 heterocycles. The van der Waals surface area contributed by atoms with E-state index in [9.17, 15) is 34.6 Å². The summed E-state index contributed by atoms with van der Waals surface area (Å²) in [4.78, 5) is 58.2. The van der Waals surface area contributed by atoms with E-state index in [1.165, 1.54) is 42.5 Å². The molecule has 0 spiro atoms. The highest BCUT2D eigenvalue weighted by Crippen LogP contribution is 2.23. The van der Waals surface area contributed by atoms with Gasteiger partial charge in [0.05, 0.1) is 22.5 Å². The van der Waals surface area contributed by atoms with Crippen LogP contribution in [0.4, 0.5) is 17.1 Å². The monoisotopic (exact) mass is 593 g/mol. The number of carbonyl (C=O) groups excluding carboxylic acids is 3. The molecule has 2 amide bonds. The number of nitrogens with zero attached hydrogens (tertiary/aromatic N) is 3. The molecular formula is C31H23N5O8. The normalized spacial score (nSPS) is 10.8. The maximum absolute atomic E-state index is 12.6. The Morgan fingerprint density at radius 2 is 1.52 bits per heavy atom. The van der Waals surface area contributed by atoms with Crippen LogP contribution in [-0.4, -0.2) is 33.8 Å². The molecule has 13 nitrogen and oxygen atoms in total. The summed E-state index contributed by atoms with van der Waals surface area (Å²) in [6.07, 6.45) is 3.63. The lowest BCUT2D eigenvalue weighted by atomic mass is 10.1. The van der Waals surface area contributed by atoms with Gasteiger partial charge in [0.1, 0.15) is 5.75 Å². The largest absolute Gasteiger partial charge is 0.423 e. The minimum atomic E-state index is -0.861. The molecule has 0 radical (unpaired) electrons. The van der Waals surface area contributed by atoms with Gasteiger partial charge in [0, 0.05) is 47.2 Å². The average Bonchev–Trinajstić information content (AvgIpc) is 3.01. The van der Waals surface area contributed by atoms with Crippen LogP contribution in [0.25, 0.3) is 6.08 Å². The Balaban J connectivity index is 1.39. The fourth-order valence-corrected chi connectivity index (χ4v) is 3.81. The van der Waals surface area contributed by atoms with E-state index in [0.29, 0.717) is 11.3 Å². The molecule has 13 heteroatoms. The number of nitro groups is 2. The SMILES string of the molecule is O=C(Cc1ccccc1)Nc1ccc(C(=O)N/N=C/c2cc([N+](=O)[O-])ccc2OC(=O)/C=C/c2cccc([N+](=O)[O-])c2)cc1. The molecule has 220 valence electrons. The number of nitrogens with one attached hydrogen (secondary N) is 2. The molecule has 0 aliphatic heterocycles. The number of hydrazone groups is 1. The van der Waals surface area contributed by atoms with E-state index < -0.39 is 21.7 Å². The molecule has 0 aromatic heterocycles. The van der Waals surface area contributed by atoms with E-state index >= 15 is 0 Å². The Morgan fingerprint density at radius 3 is 2.23 bits per heavy atom. The molecule has 0 unspecified atom stereocenters. The van der Waals surface area contributed by atoms with Gasteiger partial charge in [-0.15, -0.1) is 0 Å². The Labute approximate surface area is 249 Å². The van der Waals surface area contributed by atoms with E-state index in [1.54, 1.807) is 18.2 Å². The first-order valence-corrected chi connectivity index (χ1v) is 12.9. The van der Waals surface area contributed by atoms with Crippen LogP contribution >= 0.6 is 0 Å². The predicted molar refractivity (Wildman–Crippen MR) is 161 cm³/mol. The first-order chi connectivity index (χ1) is 21.2. The van der Waals surface area contributed by atoms with E-state index in [1.807, 2.05) is 30.3 Å². The number of benzene rings is 4. The van der Waals surface area contributed by atoms with Gasteiger partial charge in [-0.1, -0.05) is 42.5 Å². The Morgan fingerprint density at radius 1 is 0.818 bits per heavy atom. The molecule has 0 bridgehead atoms. The summed E-state index contributed by atoms with van der Waals surface area (Å²) in [6, 6.07) is 24.3. The van der Waals surface area contributed by atoms with Crippen molar-refractivity contribution in [2.75, 3.05) is 5.32 Å². The first-order valence-electron chi connectivity index (χ1n) is 12.9. The topological polar surface area (TPSA) is 183 Å². The molecule has 0 aliphatic rings. The Hall–Kier alpha value is -6.50. The van der Waals surface area contributed by atoms with E-state index in [4.69, 9.17) is 4.74 Å². The predicted octanol–water partition coefficient (Wildman–Crippen LogP) is 5.07. The highest BCUT2D eigenvalue weighted by molar-refractivity contribution is 5.97. The van der Waals surface area contributed by atoms with Gasteiger partial charge < -0.3 is 10.1 Å². The lowest BCUT2D eigenvalue weighted by Gasteiger charge is -2.07. The summed E-state index contributed by atoms with van der Waals surface area (Å²) in [5, 5.41) is 28.8. The number of hydrogen-bond donors (Lipinski definition) is 2. The van der Waals surface area contributed by atoms with Crippen LogP contribution in [0.15, 0.2) is 108 Å². The van der Waals surface area contributed by atoms with Crippen LogP contribution in [0, 0.1) is 20.2 Å². The maximum atomic E-state index is 12.6. The van der Waals surface area contributed by atoms with Crippen molar-refractivity contribution in [2.24, 2.45) is 5.10 Å². The van der Waals surface area contributed by atoms with E-state index in [0.717, 1.165) is 30.0 Å². The number of rotatable bonds is 11. The summed E-state index contributed by atoms with van der Waals surface area (Å²) < 4.78 is 5.28. The summed E-state index contributed by atoms with van der Waals surface area (Å²) in [7, 11) is 0. The number of non-ortho nitro benzene ring substituents is 2. The second-order valence-corrected chi connectivity index (χ2v) is 9.07. The smallest absolute Gasteiger partial charge is 0.336 e. The Kier molecular flexibility index (Phi) is 9.97. The number of ether oxygens (including phenoxy) is 1. The number of carbonyl (C=O) groups is 3. The molecule has 4 aromatic rings. The second kappa shape index (κ2) is 14.4. The zero-order valence-electron chi connectivity index (χ0n) is 22.8. The third kappa shape index (κ3) is 8.75. The lowest BCUT2D eigenvalue weighted by molar-refractivity contribution is -0.385. The summed E-state index contributed by atoms with van der Waals surface area (Å²) in [6.45, 7) is 0. The van der Waals surface area contributed by atoms with Crippen LogP contribution in [-0.2, 0) is 16.0 Å². The fraction of sp³-hybridized carbons (Fsp3) is 0.0323. The first kappa shape index (κ1) is 30.5. The van der Waals surface area contributed by atoms with Crippen molar-refractivity contribution in [3.63, 3.8) is 0 Å². The third-order valence-electron chi connectivity index (χ3n) is 5.92. The molecule has 44 heavy (non-hydrogen) atoms. The summed E-state index contributed by atoms with van der Waals surface area (Å²) in [5.74, 6) is -1.77. The molecule has 4 aromatic carbocycles. The second-order valence-electron chi connectivity index (χ2n) is 9.07. The summed E-state index contributed by atoms with van der Waals surface area (Å²) in [5.41, 5.74) is 3.81.